The van der Waals surface area contributed by atoms with Gasteiger partial charge in [0.05, 0.1) is 11.9 Å². The Balaban J connectivity index is 2.08. The molecule has 0 saturated heterocycles. The van der Waals surface area contributed by atoms with Gasteiger partial charge in [-0.15, -0.1) is 0 Å². The molecule has 3 heterocycles. The van der Waals surface area contributed by atoms with Crippen molar-refractivity contribution in [2.75, 3.05) is 13.6 Å². The number of aromatic nitrogens is 4. The average Bonchev–Trinajstić information content (AvgIpc) is 2.92. The highest BCUT2D eigenvalue weighted by Crippen LogP contribution is 2.25. The molecule has 0 aromatic carbocycles. The van der Waals surface area contributed by atoms with Crippen molar-refractivity contribution < 1.29 is 4.79 Å². The first-order chi connectivity index (χ1) is 9.52. The zero-order valence-corrected chi connectivity index (χ0v) is 12.8. The summed E-state index contributed by atoms with van der Waals surface area (Å²) in [5, 5.41) is 8.48. The summed E-state index contributed by atoms with van der Waals surface area (Å²) in [4.78, 5) is 13.7. The van der Waals surface area contributed by atoms with E-state index in [0.29, 0.717) is 6.54 Å². The zero-order valence-electron chi connectivity index (χ0n) is 11.2. The fourth-order valence-corrected chi connectivity index (χ4v) is 2.68. The van der Waals surface area contributed by atoms with E-state index in [9.17, 15) is 4.79 Å². The maximum Gasteiger partial charge on any atom is 0.244 e. The molecule has 0 unspecified atom stereocenters. The smallest absolute Gasteiger partial charge is 0.244 e. The van der Waals surface area contributed by atoms with Gasteiger partial charge in [-0.05, 0) is 33.6 Å². The van der Waals surface area contributed by atoms with E-state index in [-0.39, 0.29) is 12.5 Å². The molecule has 0 N–H and O–H groups in total. The Hall–Kier alpha value is -1.89. The van der Waals surface area contributed by atoms with Crippen molar-refractivity contribution in [1.29, 1.82) is 0 Å². The molecule has 0 radical (unpaired) electrons. The molecular formula is C13H14BrN5O. The standard InChI is InChI=1S/C13H14BrN5O/c1-17-7-10(3-9-5-15-18(2)6-9)11-4-12(14)16-19(11)8-13(17)20/h3-6H,7-8H2,1-2H3/b10-3+. The Morgan fingerprint density at radius 2 is 2.15 bits per heavy atom. The molecule has 1 amide bonds. The van der Waals surface area contributed by atoms with Crippen molar-refractivity contribution in [2.24, 2.45) is 7.05 Å². The number of carbonyl (C=O) groups excluding carboxylic acids is 1. The third-order valence-corrected chi connectivity index (χ3v) is 3.65. The van der Waals surface area contributed by atoms with Crippen LogP contribution in [0.15, 0.2) is 23.1 Å². The van der Waals surface area contributed by atoms with Gasteiger partial charge in [-0.2, -0.15) is 10.2 Å². The van der Waals surface area contributed by atoms with Gasteiger partial charge in [-0.1, -0.05) is 0 Å². The number of likely N-dealkylation sites (N-methyl/N-ethyl adjacent to an activating group) is 1. The molecule has 1 aliphatic heterocycles. The van der Waals surface area contributed by atoms with Gasteiger partial charge in [-0.25, -0.2) is 0 Å². The highest BCUT2D eigenvalue weighted by Gasteiger charge is 2.22. The van der Waals surface area contributed by atoms with Crippen molar-refractivity contribution in [1.82, 2.24) is 24.5 Å². The summed E-state index contributed by atoms with van der Waals surface area (Å²) in [6.45, 7) is 0.827. The molecule has 20 heavy (non-hydrogen) atoms. The molecule has 0 bridgehead atoms. The van der Waals surface area contributed by atoms with Gasteiger partial charge >= 0.3 is 0 Å². The number of rotatable bonds is 1. The Labute approximate surface area is 124 Å². The van der Waals surface area contributed by atoms with E-state index in [4.69, 9.17) is 0 Å². The lowest BCUT2D eigenvalue weighted by Crippen LogP contribution is -2.28. The number of amides is 1. The van der Waals surface area contributed by atoms with Gasteiger partial charge in [-0.3, -0.25) is 14.2 Å². The van der Waals surface area contributed by atoms with Crippen LogP contribution in [-0.4, -0.2) is 44.0 Å². The lowest BCUT2D eigenvalue weighted by atomic mass is 10.1. The van der Waals surface area contributed by atoms with Crippen molar-refractivity contribution in [2.45, 2.75) is 6.54 Å². The van der Waals surface area contributed by atoms with E-state index in [2.05, 4.69) is 26.1 Å². The normalized spacial score (nSPS) is 17.4. The van der Waals surface area contributed by atoms with E-state index in [1.165, 1.54) is 0 Å². The van der Waals surface area contributed by atoms with Crippen LogP contribution in [0.1, 0.15) is 11.3 Å². The summed E-state index contributed by atoms with van der Waals surface area (Å²) in [6.07, 6.45) is 5.78. The Bertz CT molecular complexity index is 699. The quantitative estimate of drug-likeness (QED) is 0.791. The van der Waals surface area contributed by atoms with E-state index in [1.54, 1.807) is 27.5 Å². The lowest BCUT2D eigenvalue weighted by Gasteiger charge is -2.14. The minimum absolute atomic E-state index is 0.0523. The van der Waals surface area contributed by atoms with Gasteiger partial charge in [0, 0.05) is 32.4 Å². The SMILES string of the molecule is CN1C/C(=C\c2cnn(C)c2)c2cc(Br)nn2CC1=O. The molecule has 2 aromatic rings. The van der Waals surface area contributed by atoms with Crippen LogP contribution in [0.25, 0.3) is 11.6 Å². The molecule has 3 rings (SSSR count). The fourth-order valence-electron chi connectivity index (χ4n) is 2.27. The largest absolute Gasteiger partial charge is 0.340 e. The summed E-state index contributed by atoms with van der Waals surface area (Å²) in [7, 11) is 3.69. The van der Waals surface area contributed by atoms with Crippen LogP contribution < -0.4 is 0 Å². The summed E-state index contributed by atoms with van der Waals surface area (Å²) in [5.74, 6) is 0.0523. The lowest BCUT2D eigenvalue weighted by molar-refractivity contribution is -0.129. The van der Waals surface area contributed by atoms with Crippen LogP contribution in [0.2, 0.25) is 0 Å². The van der Waals surface area contributed by atoms with Crippen molar-refractivity contribution in [3.8, 4) is 0 Å². The number of halogens is 1. The second kappa shape index (κ2) is 4.90. The third kappa shape index (κ3) is 2.40. The summed E-state index contributed by atoms with van der Waals surface area (Å²) >= 11 is 3.37. The first-order valence-electron chi connectivity index (χ1n) is 6.20. The van der Waals surface area contributed by atoms with E-state index >= 15 is 0 Å². The Morgan fingerprint density at radius 3 is 2.85 bits per heavy atom. The average molecular weight is 336 g/mol. The molecule has 2 aromatic heterocycles. The number of fused-ring (bicyclic) bond motifs is 1. The predicted octanol–water partition coefficient (Wildman–Crippen LogP) is 1.39. The number of carbonyl (C=O) groups is 1. The van der Waals surface area contributed by atoms with Crippen LogP contribution in [0.4, 0.5) is 0 Å². The molecule has 104 valence electrons. The molecule has 0 atom stereocenters. The number of aryl methyl sites for hydroxylation is 1. The van der Waals surface area contributed by atoms with Crippen molar-refractivity contribution in [3.63, 3.8) is 0 Å². The topological polar surface area (TPSA) is 56.0 Å². The monoisotopic (exact) mass is 335 g/mol. The molecular weight excluding hydrogens is 322 g/mol. The van der Waals surface area contributed by atoms with Crippen LogP contribution >= 0.6 is 15.9 Å². The van der Waals surface area contributed by atoms with E-state index in [1.807, 2.05) is 25.4 Å². The molecule has 6 nitrogen and oxygen atoms in total. The van der Waals surface area contributed by atoms with Crippen molar-refractivity contribution >= 4 is 33.5 Å². The molecule has 0 fully saturated rings. The number of hydrogen-bond acceptors (Lipinski definition) is 3. The van der Waals surface area contributed by atoms with E-state index < -0.39 is 0 Å². The van der Waals surface area contributed by atoms with Crippen LogP contribution in [0.3, 0.4) is 0 Å². The summed E-state index contributed by atoms with van der Waals surface area (Å²) in [6, 6.07) is 1.94. The van der Waals surface area contributed by atoms with Gasteiger partial charge < -0.3 is 4.90 Å². The first-order valence-corrected chi connectivity index (χ1v) is 6.99. The molecule has 0 saturated carbocycles. The van der Waals surface area contributed by atoms with Gasteiger partial charge in [0.15, 0.2) is 0 Å². The van der Waals surface area contributed by atoms with Crippen LogP contribution in [0, 0.1) is 0 Å². The molecule has 0 spiro atoms. The summed E-state index contributed by atoms with van der Waals surface area (Å²) in [5.41, 5.74) is 3.01. The summed E-state index contributed by atoms with van der Waals surface area (Å²) < 4.78 is 4.23. The highest BCUT2D eigenvalue weighted by atomic mass is 79.9. The fraction of sp³-hybridized carbons (Fsp3) is 0.308. The second-order valence-corrected chi connectivity index (χ2v) is 5.69. The van der Waals surface area contributed by atoms with Crippen molar-refractivity contribution in [3.05, 3.63) is 34.3 Å². The Morgan fingerprint density at radius 1 is 1.35 bits per heavy atom. The zero-order chi connectivity index (χ0) is 14.3. The number of nitrogens with zero attached hydrogens (tertiary/aromatic N) is 5. The third-order valence-electron chi connectivity index (χ3n) is 3.26. The van der Waals surface area contributed by atoms with Gasteiger partial charge in [0.2, 0.25) is 5.91 Å². The molecule has 1 aliphatic rings. The molecule has 0 aliphatic carbocycles. The minimum atomic E-state index is 0.0523. The van der Waals surface area contributed by atoms with E-state index in [0.717, 1.165) is 21.4 Å². The highest BCUT2D eigenvalue weighted by molar-refractivity contribution is 9.10. The maximum atomic E-state index is 12.0. The predicted molar refractivity (Wildman–Crippen MR) is 78.6 cm³/mol. The van der Waals surface area contributed by atoms with Gasteiger partial charge in [0.25, 0.3) is 0 Å². The Kier molecular flexibility index (Phi) is 3.21. The maximum absolute atomic E-state index is 12.0. The van der Waals surface area contributed by atoms with Crippen LogP contribution in [0.5, 0.6) is 0 Å². The molecule has 7 heteroatoms. The first kappa shape index (κ1) is 13.1. The minimum Gasteiger partial charge on any atom is -0.340 e. The van der Waals surface area contributed by atoms with Gasteiger partial charge in [0.1, 0.15) is 11.1 Å². The second-order valence-electron chi connectivity index (χ2n) is 4.88. The van der Waals surface area contributed by atoms with Crippen LogP contribution in [-0.2, 0) is 18.4 Å². The number of hydrogen-bond donors (Lipinski definition) is 0.